The maximum Gasteiger partial charge on any atom is 0.257 e. The number of hydrogen-bond acceptors (Lipinski definition) is 4. The maximum absolute atomic E-state index is 12.2. The number of aliphatic hydroxyl groups is 1. The van der Waals surface area contributed by atoms with Gasteiger partial charge in [0.1, 0.15) is 6.61 Å². The van der Waals surface area contributed by atoms with Crippen molar-refractivity contribution in [1.82, 2.24) is 4.98 Å². The van der Waals surface area contributed by atoms with Crippen molar-refractivity contribution in [1.29, 1.82) is 0 Å². The van der Waals surface area contributed by atoms with E-state index < -0.39 is 0 Å². The Morgan fingerprint density at radius 3 is 2.90 bits per heavy atom. The average molecular weight is 286 g/mol. The first kappa shape index (κ1) is 14.3. The van der Waals surface area contributed by atoms with Crippen LogP contribution < -0.4 is 5.32 Å². The molecule has 0 atom stereocenters. The van der Waals surface area contributed by atoms with Gasteiger partial charge in [0.05, 0.1) is 0 Å². The van der Waals surface area contributed by atoms with Crippen LogP contribution in [-0.4, -0.2) is 22.6 Å². The van der Waals surface area contributed by atoms with Crippen LogP contribution in [0.4, 0.5) is 5.13 Å². The molecule has 5 heteroatoms. The lowest BCUT2D eigenvalue weighted by molar-refractivity contribution is 0.102. The fourth-order valence-electron chi connectivity index (χ4n) is 1.73. The SMILES string of the molecule is Cc1cnc(NC(=O)c2cccc(C#CCO)c2C)s1. The Morgan fingerprint density at radius 1 is 1.45 bits per heavy atom. The van der Waals surface area contributed by atoms with Gasteiger partial charge in [-0.1, -0.05) is 17.9 Å². The highest BCUT2D eigenvalue weighted by Gasteiger charge is 2.12. The molecule has 0 saturated carbocycles. The summed E-state index contributed by atoms with van der Waals surface area (Å²) >= 11 is 1.43. The molecule has 0 spiro atoms. The summed E-state index contributed by atoms with van der Waals surface area (Å²) in [6.07, 6.45) is 1.72. The molecule has 0 radical (unpaired) electrons. The molecule has 1 aromatic heterocycles. The van der Waals surface area contributed by atoms with E-state index in [1.54, 1.807) is 18.3 Å². The van der Waals surface area contributed by atoms with Gasteiger partial charge in [0.25, 0.3) is 5.91 Å². The number of amides is 1. The number of benzene rings is 1. The quantitative estimate of drug-likeness (QED) is 0.833. The summed E-state index contributed by atoms with van der Waals surface area (Å²) in [4.78, 5) is 17.4. The second-order valence-corrected chi connectivity index (χ2v) is 5.40. The molecule has 0 saturated heterocycles. The molecule has 2 rings (SSSR count). The zero-order valence-corrected chi connectivity index (χ0v) is 12.0. The van der Waals surface area contributed by atoms with Crippen LogP contribution in [0.5, 0.6) is 0 Å². The number of rotatable bonds is 2. The molecule has 1 amide bonds. The number of carbonyl (C=O) groups excluding carboxylic acids is 1. The summed E-state index contributed by atoms with van der Waals surface area (Å²) in [5.74, 6) is 5.22. The van der Waals surface area contributed by atoms with Gasteiger partial charge in [-0.05, 0) is 31.5 Å². The Bertz CT molecular complexity index is 695. The van der Waals surface area contributed by atoms with Crippen LogP contribution in [0.2, 0.25) is 0 Å². The highest BCUT2D eigenvalue weighted by molar-refractivity contribution is 7.15. The molecule has 1 heterocycles. The largest absolute Gasteiger partial charge is 0.384 e. The van der Waals surface area contributed by atoms with Gasteiger partial charge in [0, 0.05) is 22.2 Å². The molecule has 0 aliphatic heterocycles. The number of aliphatic hydroxyl groups excluding tert-OH is 1. The molecule has 0 aliphatic carbocycles. The van der Waals surface area contributed by atoms with Crippen LogP contribution in [0.1, 0.15) is 26.4 Å². The monoisotopic (exact) mass is 286 g/mol. The van der Waals surface area contributed by atoms with E-state index in [0.29, 0.717) is 10.7 Å². The summed E-state index contributed by atoms with van der Waals surface area (Å²) in [6.45, 7) is 3.57. The third-order valence-electron chi connectivity index (χ3n) is 2.72. The van der Waals surface area contributed by atoms with Crippen LogP contribution >= 0.6 is 11.3 Å². The van der Waals surface area contributed by atoms with Crippen molar-refractivity contribution in [2.75, 3.05) is 11.9 Å². The van der Waals surface area contributed by atoms with Gasteiger partial charge in [0.15, 0.2) is 5.13 Å². The Labute approximate surface area is 121 Å². The fourth-order valence-corrected chi connectivity index (χ4v) is 2.39. The Balaban J connectivity index is 2.26. The molecule has 0 bridgehead atoms. The topological polar surface area (TPSA) is 62.2 Å². The van der Waals surface area contributed by atoms with Gasteiger partial charge in [-0.3, -0.25) is 10.1 Å². The van der Waals surface area contributed by atoms with E-state index in [-0.39, 0.29) is 12.5 Å². The predicted molar refractivity (Wildman–Crippen MR) is 79.9 cm³/mol. The smallest absolute Gasteiger partial charge is 0.257 e. The number of nitrogens with one attached hydrogen (secondary N) is 1. The number of thiazole rings is 1. The van der Waals surface area contributed by atoms with E-state index >= 15 is 0 Å². The van der Waals surface area contributed by atoms with Crippen LogP contribution in [0.25, 0.3) is 0 Å². The number of aryl methyl sites for hydroxylation is 1. The van der Waals surface area contributed by atoms with Crippen LogP contribution in [0.3, 0.4) is 0 Å². The number of hydrogen-bond donors (Lipinski definition) is 2. The lowest BCUT2D eigenvalue weighted by Gasteiger charge is -2.07. The van der Waals surface area contributed by atoms with Crippen LogP contribution in [0, 0.1) is 25.7 Å². The van der Waals surface area contributed by atoms with E-state index in [9.17, 15) is 4.79 Å². The van der Waals surface area contributed by atoms with Crippen molar-refractivity contribution in [3.05, 3.63) is 46.0 Å². The van der Waals surface area contributed by atoms with Gasteiger partial charge < -0.3 is 5.11 Å². The van der Waals surface area contributed by atoms with Gasteiger partial charge in [-0.2, -0.15) is 0 Å². The number of nitrogens with zero attached hydrogens (tertiary/aromatic N) is 1. The Kier molecular flexibility index (Phi) is 4.51. The zero-order valence-electron chi connectivity index (χ0n) is 11.2. The van der Waals surface area contributed by atoms with E-state index in [4.69, 9.17) is 5.11 Å². The molecule has 2 N–H and O–H groups in total. The first-order valence-corrected chi connectivity index (χ1v) is 6.86. The lowest BCUT2D eigenvalue weighted by Crippen LogP contribution is -2.13. The van der Waals surface area contributed by atoms with Crippen molar-refractivity contribution in [2.45, 2.75) is 13.8 Å². The molecule has 20 heavy (non-hydrogen) atoms. The maximum atomic E-state index is 12.2. The summed E-state index contributed by atoms with van der Waals surface area (Å²) in [6, 6.07) is 5.34. The molecule has 102 valence electrons. The Morgan fingerprint density at radius 2 is 2.25 bits per heavy atom. The minimum Gasteiger partial charge on any atom is -0.384 e. The standard InChI is InChI=1S/C15H14N2O2S/c1-10-9-16-15(20-10)17-14(19)13-7-3-5-12(11(13)2)6-4-8-18/h3,5,7,9,18H,8H2,1-2H3,(H,16,17,19). The molecule has 0 unspecified atom stereocenters. The second kappa shape index (κ2) is 6.33. The molecule has 0 aliphatic rings. The van der Waals surface area contributed by atoms with Crippen molar-refractivity contribution in [3.63, 3.8) is 0 Å². The van der Waals surface area contributed by atoms with E-state index in [1.807, 2.05) is 19.9 Å². The molecular weight excluding hydrogens is 272 g/mol. The molecule has 4 nitrogen and oxygen atoms in total. The molecular formula is C15H14N2O2S. The number of carbonyl (C=O) groups is 1. The van der Waals surface area contributed by atoms with Crippen molar-refractivity contribution >= 4 is 22.4 Å². The van der Waals surface area contributed by atoms with Gasteiger partial charge in [0.2, 0.25) is 0 Å². The normalized spacial score (nSPS) is 9.75. The van der Waals surface area contributed by atoms with E-state index in [1.165, 1.54) is 11.3 Å². The molecule has 1 aromatic carbocycles. The molecule has 0 fully saturated rings. The zero-order chi connectivity index (χ0) is 14.5. The summed E-state index contributed by atoms with van der Waals surface area (Å²) in [7, 11) is 0. The summed E-state index contributed by atoms with van der Waals surface area (Å²) in [5.41, 5.74) is 2.09. The van der Waals surface area contributed by atoms with Crippen molar-refractivity contribution in [3.8, 4) is 11.8 Å². The van der Waals surface area contributed by atoms with Crippen LogP contribution in [-0.2, 0) is 0 Å². The minimum atomic E-state index is -0.204. The first-order chi connectivity index (χ1) is 9.61. The minimum absolute atomic E-state index is 0.200. The second-order valence-electron chi connectivity index (χ2n) is 4.17. The van der Waals surface area contributed by atoms with Gasteiger partial charge in [-0.15, -0.1) is 11.3 Å². The molecule has 2 aromatic rings. The highest BCUT2D eigenvalue weighted by Crippen LogP contribution is 2.19. The third kappa shape index (κ3) is 3.23. The fraction of sp³-hybridized carbons (Fsp3) is 0.200. The van der Waals surface area contributed by atoms with E-state index in [2.05, 4.69) is 22.1 Å². The van der Waals surface area contributed by atoms with Crippen molar-refractivity contribution in [2.24, 2.45) is 0 Å². The first-order valence-electron chi connectivity index (χ1n) is 6.05. The van der Waals surface area contributed by atoms with Gasteiger partial charge >= 0.3 is 0 Å². The van der Waals surface area contributed by atoms with Gasteiger partial charge in [-0.25, -0.2) is 4.98 Å². The highest BCUT2D eigenvalue weighted by atomic mass is 32.1. The average Bonchev–Trinajstić information content (AvgIpc) is 2.83. The van der Waals surface area contributed by atoms with Crippen LogP contribution in [0.15, 0.2) is 24.4 Å². The number of anilines is 1. The third-order valence-corrected chi connectivity index (χ3v) is 3.55. The van der Waals surface area contributed by atoms with Crippen molar-refractivity contribution < 1.29 is 9.90 Å². The summed E-state index contributed by atoms with van der Waals surface area (Å²) in [5, 5.41) is 12.1. The lowest BCUT2D eigenvalue weighted by atomic mass is 10.0. The summed E-state index contributed by atoms with van der Waals surface area (Å²) < 4.78 is 0. The van der Waals surface area contributed by atoms with E-state index in [0.717, 1.165) is 16.0 Å². The predicted octanol–water partition coefficient (Wildman–Crippen LogP) is 2.36. The Hall–Kier alpha value is -2.16. The number of aromatic nitrogens is 1.